The summed E-state index contributed by atoms with van der Waals surface area (Å²) in [5, 5.41) is 2.94. The lowest BCUT2D eigenvalue weighted by atomic mass is 10.1. The number of rotatable bonds is 10. The van der Waals surface area contributed by atoms with Gasteiger partial charge in [0.1, 0.15) is 5.75 Å². The third-order valence-corrected chi connectivity index (χ3v) is 5.03. The molecule has 0 aliphatic carbocycles. The number of nitrogens with one attached hydrogen (secondary N) is 1. The number of ether oxygens (including phenoxy) is 3. The first-order chi connectivity index (χ1) is 13.5. The topological polar surface area (TPSA) is 60.0 Å². The van der Waals surface area contributed by atoms with Gasteiger partial charge >= 0.3 is 0 Å². The zero-order valence-corrected chi connectivity index (χ0v) is 17.9. The van der Waals surface area contributed by atoms with Crippen LogP contribution >= 0.6 is 11.8 Å². The van der Waals surface area contributed by atoms with Crippen LogP contribution in [0.15, 0.2) is 41.3 Å². The number of hydrogen-bond donors (Lipinski definition) is 1. The number of likely N-dealkylation sites (N-methyl/N-ethyl adjacent to an activating group) is 1. The zero-order valence-electron chi connectivity index (χ0n) is 17.1. The van der Waals surface area contributed by atoms with Gasteiger partial charge in [0.25, 0.3) is 0 Å². The van der Waals surface area contributed by atoms with Crippen molar-refractivity contribution in [2.24, 2.45) is 0 Å². The maximum absolute atomic E-state index is 12.3. The van der Waals surface area contributed by atoms with E-state index in [-0.39, 0.29) is 5.91 Å². The molecule has 0 saturated heterocycles. The molecule has 0 unspecified atom stereocenters. The third kappa shape index (κ3) is 6.07. The van der Waals surface area contributed by atoms with E-state index in [1.165, 1.54) is 10.5 Å². The van der Waals surface area contributed by atoms with Gasteiger partial charge in [0, 0.05) is 29.6 Å². The fourth-order valence-electron chi connectivity index (χ4n) is 2.82. The van der Waals surface area contributed by atoms with Crippen molar-refractivity contribution >= 4 is 17.7 Å². The van der Waals surface area contributed by atoms with Gasteiger partial charge in [-0.15, -0.1) is 11.8 Å². The molecule has 0 heterocycles. The molecule has 1 N–H and O–H groups in total. The first kappa shape index (κ1) is 21.9. The number of amides is 1. The summed E-state index contributed by atoms with van der Waals surface area (Å²) in [6.07, 6.45) is 2.05. The Bertz CT molecular complexity index is 781. The minimum atomic E-state index is -0.0555. The van der Waals surface area contributed by atoms with Crippen LogP contribution in [0.5, 0.6) is 17.2 Å². The van der Waals surface area contributed by atoms with Crippen molar-refractivity contribution < 1.29 is 19.0 Å². The van der Waals surface area contributed by atoms with Gasteiger partial charge in [0.15, 0.2) is 11.5 Å². The quantitative estimate of drug-likeness (QED) is 0.614. The van der Waals surface area contributed by atoms with Gasteiger partial charge in [-0.05, 0) is 37.1 Å². The summed E-state index contributed by atoms with van der Waals surface area (Å²) in [5.74, 6) is 1.76. The molecule has 0 fully saturated rings. The molecule has 1 amide bonds. The second-order valence-electron chi connectivity index (χ2n) is 6.32. The van der Waals surface area contributed by atoms with Crippen molar-refractivity contribution in [2.45, 2.75) is 18.0 Å². The minimum Gasteiger partial charge on any atom is -0.496 e. The molecule has 152 valence electrons. The van der Waals surface area contributed by atoms with Crippen molar-refractivity contribution in [2.75, 3.05) is 41.2 Å². The Labute approximate surface area is 171 Å². The number of hydrogen-bond acceptors (Lipinski definition) is 6. The number of benzene rings is 2. The molecule has 28 heavy (non-hydrogen) atoms. The Morgan fingerprint density at radius 3 is 2.18 bits per heavy atom. The highest BCUT2D eigenvalue weighted by molar-refractivity contribution is 7.98. The van der Waals surface area contributed by atoms with E-state index in [1.54, 1.807) is 39.2 Å². The standard InChI is InChI=1S/C21H28N2O4S/c1-23(13-15-6-8-17(28-5)9-7-15)14-21(24)22-12-16-10-19(26-3)20(27-4)11-18(16)25-2/h6-11H,12-14H2,1-5H3,(H,22,24). The molecular formula is C21H28N2O4S. The maximum Gasteiger partial charge on any atom is 0.234 e. The summed E-state index contributed by atoms with van der Waals surface area (Å²) in [6.45, 7) is 1.36. The van der Waals surface area contributed by atoms with Crippen LogP contribution in [-0.4, -0.2) is 52.0 Å². The number of carbonyl (C=O) groups is 1. The monoisotopic (exact) mass is 404 g/mol. The van der Waals surface area contributed by atoms with Crippen LogP contribution in [0.25, 0.3) is 0 Å². The summed E-state index contributed by atoms with van der Waals surface area (Å²) in [4.78, 5) is 15.6. The van der Waals surface area contributed by atoms with Gasteiger partial charge in [-0.2, -0.15) is 0 Å². The summed E-state index contributed by atoms with van der Waals surface area (Å²) in [5.41, 5.74) is 2.00. The molecule has 2 rings (SSSR count). The third-order valence-electron chi connectivity index (χ3n) is 4.29. The van der Waals surface area contributed by atoms with Crippen LogP contribution in [0, 0.1) is 0 Å². The molecular weight excluding hydrogens is 376 g/mol. The molecule has 6 nitrogen and oxygen atoms in total. The summed E-state index contributed by atoms with van der Waals surface area (Å²) in [6, 6.07) is 11.9. The Morgan fingerprint density at radius 2 is 1.61 bits per heavy atom. The van der Waals surface area contributed by atoms with E-state index in [0.717, 1.165) is 5.56 Å². The van der Waals surface area contributed by atoms with Crippen LogP contribution in [0.4, 0.5) is 0 Å². The van der Waals surface area contributed by atoms with Gasteiger partial charge in [-0.25, -0.2) is 0 Å². The molecule has 0 saturated carbocycles. The Morgan fingerprint density at radius 1 is 1.00 bits per heavy atom. The summed E-state index contributed by atoms with van der Waals surface area (Å²) in [7, 11) is 6.66. The highest BCUT2D eigenvalue weighted by Crippen LogP contribution is 2.34. The molecule has 7 heteroatoms. The van der Waals surface area contributed by atoms with E-state index in [1.807, 2.05) is 18.0 Å². The van der Waals surface area contributed by atoms with Gasteiger partial charge < -0.3 is 19.5 Å². The summed E-state index contributed by atoms with van der Waals surface area (Å²) < 4.78 is 16.0. The fourth-order valence-corrected chi connectivity index (χ4v) is 3.23. The SMILES string of the molecule is COc1cc(OC)c(OC)cc1CNC(=O)CN(C)Cc1ccc(SC)cc1. The van der Waals surface area contributed by atoms with Crippen molar-refractivity contribution in [1.29, 1.82) is 0 Å². The first-order valence-electron chi connectivity index (χ1n) is 8.87. The normalized spacial score (nSPS) is 10.6. The lowest BCUT2D eigenvalue weighted by Gasteiger charge is -2.18. The number of thioether (sulfide) groups is 1. The van der Waals surface area contributed by atoms with Gasteiger partial charge in [0.2, 0.25) is 5.91 Å². The second-order valence-corrected chi connectivity index (χ2v) is 7.20. The molecule has 0 aliphatic heterocycles. The van der Waals surface area contributed by atoms with E-state index >= 15 is 0 Å². The molecule has 0 aliphatic rings. The van der Waals surface area contributed by atoms with Gasteiger partial charge in [-0.1, -0.05) is 12.1 Å². The molecule has 0 atom stereocenters. The van der Waals surface area contributed by atoms with E-state index in [4.69, 9.17) is 14.2 Å². The van der Waals surface area contributed by atoms with E-state index in [9.17, 15) is 4.79 Å². The lowest BCUT2D eigenvalue weighted by molar-refractivity contribution is -0.122. The maximum atomic E-state index is 12.3. The highest BCUT2D eigenvalue weighted by atomic mass is 32.2. The largest absolute Gasteiger partial charge is 0.496 e. The van der Waals surface area contributed by atoms with Crippen molar-refractivity contribution in [3.05, 3.63) is 47.5 Å². The average molecular weight is 405 g/mol. The van der Waals surface area contributed by atoms with Crippen molar-refractivity contribution in [3.8, 4) is 17.2 Å². The predicted octanol–water partition coefficient (Wildman–Crippen LogP) is 3.18. The van der Waals surface area contributed by atoms with Crippen molar-refractivity contribution in [3.63, 3.8) is 0 Å². The van der Waals surface area contributed by atoms with Crippen LogP contribution in [0.2, 0.25) is 0 Å². The van der Waals surface area contributed by atoms with Crippen molar-refractivity contribution in [1.82, 2.24) is 10.2 Å². The lowest BCUT2D eigenvalue weighted by Crippen LogP contribution is -2.34. The zero-order chi connectivity index (χ0) is 20.5. The van der Waals surface area contributed by atoms with E-state index < -0.39 is 0 Å². The van der Waals surface area contributed by atoms with Crippen LogP contribution < -0.4 is 19.5 Å². The van der Waals surface area contributed by atoms with E-state index in [2.05, 4.69) is 35.8 Å². The molecule has 0 radical (unpaired) electrons. The number of methoxy groups -OCH3 is 3. The Kier molecular flexibility index (Phi) is 8.47. The second kappa shape index (κ2) is 10.8. The molecule has 0 bridgehead atoms. The number of carbonyl (C=O) groups excluding carboxylic acids is 1. The average Bonchev–Trinajstić information content (AvgIpc) is 2.71. The van der Waals surface area contributed by atoms with Gasteiger partial charge in [0.05, 0.1) is 27.9 Å². The Hall–Kier alpha value is -2.38. The molecule has 0 spiro atoms. The highest BCUT2D eigenvalue weighted by Gasteiger charge is 2.13. The smallest absolute Gasteiger partial charge is 0.234 e. The van der Waals surface area contributed by atoms with Crippen LogP contribution in [-0.2, 0) is 17.9 Å². The molecule has 2 aromatic rings. The van der Waals surface area contributed by atoms with Gasteiger partial charge in [-0.3, -0.25) is 9.69 Å². The van der Waals surface area contributed by atoms with Crippen LogP contribution in [0.3, 0.4) is 0 Å². The van der Waals surface area contributed by atoms with Crippen LogP contribution in [0.1, 0.15) is 11.1 Å². The number of nitrogens with zero attached hydrogens (tertiary/aromatic N) is 1. The fraction of sp³-hybridized carbons (Fsp3) is 0.381. The summed E-state index contributed by atoms with van der Waals surface area (Å²) >= 11 is 1.71. The minimum absolute atomic E-state index is 0.0555. The predicted molar refractivity (Wildman–Crippen MR) is 113 cm³/mol. The van der Waals surface area contributed by atoms with E-state index in [0.29, 0.717) is 36.9 Å². The Balaban J connectivity index is 1.92. The first-order valence-corrected chi connectivity index (χ1v) is 10.1. The molecule has 0 aromatic heterocycles. The molecule has 2 aromatic carbocycles.